The van der Waals surface area contributed by atoms with Gasteiger partial charge in [-0.3, -0.25) is 0 Å². The van der Waals surface area contributed by atoms with Crippen molar-refractivity contribution in [2.45, 2.75) is 0 Å². The maximum absolute atomic E-state index is 5.62. The third kappa shape index (κ3) is 2.65. The van der Waals surface area contributed by atoms with Gasteiger partial charge in [-0.25, -0.2) is 0 Å². The fraction of sp³-hybridized carbons (Fsp3) is 0.250. The molecular weight excluding hydrogens is 248 g/mol. The van der Waals surface area contributed by atoms with E-state index in [0.29, 0.717) is 22.9 Å². The van der Waals surface area contributed by atoms with Gasteiger partial charge in [-0.05, 0) is 18.2 Å². The van der Waals surface area contributed by atoms with Crippen molar-refractivity contribution >= 4 is 5.95 Å². The van der Waals surface area contributed by atoms with E-state index in [1.807, 2.05) is 0 Å². The van der Waals surface area contributed by atoms with Gasteiger partial charge in [0.2, 0.25) is 5.95 Å². The average molecular weight is 262 g/mol. The van der Waals surface area contributed by atoms with Crippen LogP contribution >= 0.6 is 0 Å². The molecule has 100 valence electrons. The standard InChI is InChI=1S/C12H14N4O3/c1-17-7-4-5-9(18-2)8(6-7)10-14-11(13)16-12(15-10)19-3/h4-6H,1-3H3,(H2,13,14,15,16). The quantitative estimate of drug-likeness (QED) is 0.883. The van der Waals surface area contributed by atoms with Gasteiger partial charge in [0.1, 0.15) is 11.5 Å². The molecule has 1 heterocycles. The molecule has 0 saturated carbocycles. The van der Waals surface area contributed by atoms with Crippen LogP contribution in [0, 0.1) is 0 Å². The number of hydrogen-bond acceptors (Lipinski definition) is 7. The maximum atomic E-state index is 5.62. The first kappa shape index (κ1) is 12.9. The first-order valence-electron chi connectivity index (χ1n) is 5.46. The molecule has 2 N–H and O–H groups in total. The van der Waals surface area contributed by atoms with E-state index in [2.05, 4.69) is 15.0 Å². The van der Waals surface area contributed by atoms with Gasteiger partial charge < -0.3 is 19.9 Å². The average Bonchev–Trinajstić information content (AvgIpc) is 2.45. The van der Waals surface area contributed by atoms with Gasteiger partial charge >= 0.3 is 6.01 Å². The predicted molar refractivity (Wildman–Crippen MR) is 69.3 cm³/mol. The second kappa shape index (κ2) is 5.38. The van der Waals surface area contributed by atoms with Crippen LogP contribution in [0.4, 0.5) is 5.95 Å². The molecular formula is C12H14N4O3. The summed E-state index contributed by atoms with van der Waals surface area (Å²) in [6.07, 6.45) is 0. The molecule has 0 unspecified atom stereocenters. The molecule has 0 aliphatic carbocycles. The van der Waals surface area contributed by atoms with Gasteiger partial charge in [-0.1, -0.05) is 0 Å². The number of methoxy groups -OCH3 is 3. The number of benzene rings is 1. The molecule has 0 spiro atoms. The number of ether oxygens (including phenoxy) is 3. The molecule has 0 aliphatic rings. The predicted octanol–water partition coefficient (Wildman–Crippen LogP) is 1.15. The Kier molecular flexibility index (Phi) is 3.65. The van der Waals surface area contributed by atoms with Crippen molar-refractivity contribution in [2.75, 3.05) is 27.1 Å². The van der Waals surface area contributed by atoms with Crippen molar-refractivity contribution in [3.05, 3.63) is 18.2 Å². The van der Waals surface area contributed by atoms with Crippen molar-refractivity contribution in [2.24, 2.45) is 0 Å². The normalized spacial score (nSPS) is 10.1. The smallest absolute Gasteiger partial charge is 0.321 e. The molecule has 0 bridgehead atoms. The zero-order valence-electron chi connectivity index (χ0n) is 10.9. The van der Waals surface area contributed by atoms with Crippen molar-refractivity contribution in [1.82, 2.24) is 15.0 Å². The first-order chi connectivity index (χ1) is 9.17. The van der Waals surface area contributed by atoms with Gasteiger partial charge in [0.05, 0.1) is 26.9 Å². The molecule has 0 radical (unpaired) electrons. The summed E-state index contributed by atoms with van der Waals surface area (Å²) in [5, 5.41) is 0. The van der Waals surface area contributed by atoms with E-state index in [1.54, 1.807) is 32.4 Å². The molecule has 0 amide bonds. The zero-order chi connectivity index (χ0) is 13.8. The molecule has 2 rings (SSSR count). The van der Waals surface area contributed by atoms with Crippen LogP contribution in [0.5, 0.6) is 17.5 Å². The molecule has 2 aromatic rings. The summed E-state index contributed by atoms with van der Waals surface area (Å²) in [4.78, 5) is 12.1. The summed E-state index contributed by atoms with van der Waals surface area (Å²) in [7, 11) is 4.60. The highest BCUT2D eigenvalue weighted by atomic mass is 16.5. The van der Waals surface area contributed by atoms with Crippen LogP contribution in [0.2, 0.25) is 0 Å². The second-order valence-electron chi connectivity index (χ2n) is 3.57. The van der Waals surface area contributed by atoms with Crippen molar-refractivity contribution in [3.8, 4) is 28.9 Å². The van der Waals surface area contributed by atoms with Crippen LogP contribution in [-0.2, 0) is 0 Å². The Morgan fingerprint density at radius 1 is 0.947 bits per heavy atom. The van der Waals surface area contributed by atoms with E-state index in [9.17, 15) is 0 Å². The number of nitrogens with zero attached hydrogens (tertiary/aromatic N) is 3. The molecule has 0 atom stereocenters. The Morgan fingerprint density at radius 3 is 2.37 bits per heavy atom. The fourth-order valence-electron chi connectivity index (χ4n) is 1.57. The lowest BCUT2D eigenvalue weighted by molar-refractivity contribution is 0.379. The molecule has 7 heteroatoms. The van der Waals surface area contributed by atoms with Crippen molar-refractivity contribution < 1.29 is 14.2 Å². The number of hydrogen-bond donors (Lipinski definition) is 1. The summed E-state index contributed by atoms with van der Waals surface area (Å²) < 4.78 is 15.4. The zero-order valence-corrected chi connectivity index (χ0v) is 10.9. The molecule has 7 nitrogen and oxygen atoms in total. The number of nitrogens with two attached hydrogens (primary N) is 1. The van der Waals surface area contributed by atoms with Gasteiger partial charge in [0, 0.05) is 0 Å². The Balaban J connectivity index is 2.59. The van der Waals surface area contributed by atoms with Gasteiger partial charge in [0.15, 0.2) is 5.82 Å². The van der Waals surface area contributed by atoms with Crippen LogP contribution in [0.1, 0.15) is 0 Å². The van der Waals surface area contributed by atoms with E-state index in [0.717, 1.165) is 0 Å². The van der Waals surface area contributed by atoms with Crippen LogP contribution in [0.25, 0.3) is 11.4 Å². The summed E-state index contributed by atoms with van der Waals surface area (Å²) in [5.41, 5.74) is 6.27. The summed E-state index contributed by atoms with van der Waals surface area (Å²) in [5.74, 6) is 1.70. The molecule has 0 saturated heterocycles. The molecule has 1 aromatic heterocycles. The Bertz CT molecular complexity index is 589. The van der Waals surface area contributed by atoms with Crippen LogP contribution in [-0.4, -0.2) is 36.3 Å². The SMILES string of the molecule is COc1ccc(OC)c(-c2nc(N)nc(OC)n2)c1. The Morgan fingerprint density at radius 2 is 1.74 bits per heavy atom. The largest absolute Gasteiger partial charge is 0.497 e. The minimum Gasteiger partial charge on any atom is -0.497 e. The van der Waals surface area contributed by atoms with Crippen molar-refractivity contribution in [1.29, 1.82) is 0 Å². The van der Waals surface area contributed by atoms with E-state index >= 15 is 0 Å². The maximum Gasteiger partial charge on any atom is 0.321 e. The van der Waals surface area contributed by atoms with Crippen LogP contribution < -0.4 is 19.9 Å². The lowest BCUT2D eigenvalue weighted by Crippen LogP contribution is -2.03. The van der Waals surface area contributed by atoms with Gasteiger partial charge in [-0.2, -0.15) is 15.0 Å². The Labute approximate surface area is 110 Å². The number of rotatable bonds is 4. The van der Waals surface area contributed by atoms with Crippen LogP contribution in [0.15, 0.2) is 18.2 Å². The minimum absolute atomic E-state index is 0.0757. The summed E-state index contributed by atoms with van der Waals surface area (Å²) >= 11 is 0. The Hall–Kier alpha value is -2.57. The number of aromatic nitrogens is 3. The van der Waals surface area contributed by atoms with E-state index in [4.69, 9.17) is 19.9 Å². The molecule has 0 aliphatic heterocycles. The topological polar surface area (TPSA) is 92.4 Å². The van der Waals surface area contributed by atoms with E-state index in [-0.39, 0.29) is 12.0 Å². The second-order valence-corrected chi connectivity index (χ2v) is 3.57. The lowest BCUT2D eigenvalue weighted by Gasteiger charge is -2.10. The van der Waals surface area contributed by atoms with Crippen LogP contribution in [0.3, 0.4) is 0 Å². The van der Waals surface area contributed by atoms with Gasteiger partial charge in [-0.15, -0.1) is 0 Å². The van der Waals surface area contributed by atoms with Gasteiger partial charge in [0.25, 0.3) is 0 Å². The van der Waals surface area contributed by atoms with E-state index in [1.165, 1.54) is 7.11 Å². The monoisotopic (exact) mass is 262 g/mol. The third-order valence-corrected chi connectivity index (χ3v) is 2.46. The van der Waals surface area contributed by atoms with E-state index < -0.39 is 0 Å². The molecule has 0 fully saturated rings. The molecule has 1 aromatic carbocycles. The lowest BCUT2D eigenvalue weighted by atomic mass is 10.1. The summed E-state index contributed by atoms with van der Waals surface area (Å²) in [6.45, 7) is 0. The highest BCUT2D eigenvalue weighted by Crippen LogP contribution is 2.31. The summed E-state index contributed by atoms with van der Waals surface area (Å²) in [6, 6.07) is 5.45. The first-order valence-corrected chi connectivity index (χ1v) is 5.46. The third-order valence-electron chi connectivity index (χ3n) is 2.46. The minimum atomic E-state index is 0.0757. The number of anilines is 1. The highest BCUT2D eigenvalue weighted by Gasteiger charge is 2.13. The van der Waals surface area contributed by atoms with Crippen molar-refractivity contribution in [3.63, 3.8) is 0 Å². The fourth-order valence-corrected chi connectivity index (χ4v) is 1.57. The highest BCUT2D eigenvalue weighted by molar-refractivity contribution is 5.67. The number of nitrogen functional groups attached to an aromatic ring is 1. The molecule has 19 heavy (non-hydrogen) atoms.